The zero-order chi connectivity index (χ0) is 15.3. The van der Waals surface area contributed by atoms with Gasteiger partial charge in [0.1, 0.15) is 17.6 Å². The molecular formula is C14H21NO4S. The first-order chi connectivity index (χ1) is 9.32. The minimum absolute atomic E-state index is 0.235. The van der Waals surface area contributed by atoms with E-state index >= 15 is 0 Å². The molecule has 0 spiro atoms. The third-order valence-corrected chi connectivity index (χ3v) is 4.58. The summed E-state index contributed by atoms with van der Waals surface area (Å²) in [5, 5.41) is 8.47. The largest absolute Gasteiger partial charge is 0.480 e. The predicted octanol–water partition coefficient (Wildman–Crippen LogP) is 1.67. The lowest BCUT2D eigenvalue weighted by Gasteiger charge is -2.19. The van der Waals surface area contributed by atoms with Gasteiger partial charge in [-0.3, -0.25) is 0 Å². The van der Waals surface area contributed by atoms with Crippen molar-refractivity contribution in [2.24, 2.45) is 0 Å². The van der Waals surface area contributed by atoms with Crippen molar-refractivity contribution in [1.29, 1.82) is 0 Å². The monoisotopic (exact) mass is 299 g/mol. The molecule has 20 heavy (non-hydrogen) atoms. The molecule has 1 aromatic carbocycles. The van der Waals surface area contributed by atoms with Crippen molar-refractivity contribution in [2.75, 3.05) is 26.8 Å². The van der Waals surface area contributed by atoms with Crippen molar-refractivity contribution in [3.63, 3.8) is 0 Å². The standard InChI is InChI=1S/C14H21NO4S/c1-10-7-11(2)14(12(3)8-10)20(18)15(4)5-6-19-9-13(16)17/h7-8H,5-6,9H2,1-4H3,(H,16,17). The maximum atomic E-state index is 12.5. The van der Waals surface area contributed by atoms with Crippen LogP contribution in [0.3, 0.4) is 0 Å². The highest BCUT2D eigenvalue weighted by molar-refractivity contribution is 7.82. The van der Waals surface area contributed by atoms with Crippen LogP contribution in [-0.4, -0.2) is 46.4 Å². The van der Waals surface area contributed by atoms with E-state index in [1.165, 1.54) is 0 Å². The normalized spacial score (nSPS) is 12.7. The summed E-state index contributed by atoms with van der Waals surface area (Å²) in [5.41, 5.74) is 3.14. The van der Waals surface area contributed by atoms with E-state index < -0.39 is 17.0 Å². The summed E-state index contributed by atoms with van der Waals surface area (Å²) < 4.78 is 19.1. The molecule has 5 nitrogen and oxygen atoms in total. The fourth-order valence-electron chi connectivity index (χ4n) is 2.03. The molecule has 0 saturated carbocycles. The van der Waals surface area contributed by atoms with Crippen molar-refractivity contribution in [1.82, 2.24) is 4.31 Å². The number of benzene rings is 1. The van der Waals surface area contributed by atoms with Gasteiger partial charge in [-0.1, -0.05) is 17.7 Å². The lowest BCUT2D eigenvalue weighted by molar-refractivity contribution is -0.142. The van der Waals surface area contributed by atoms with Gasteiger partial charge in [-0.05, 0) is 31.9 Å². The second kappa shape index (κ2) is 7.52. The van der Waals surface area contributed by atoms with Crippen molar-refractivity contribution in [2.45, 2.75) is 25.7 Å². The number of hydrogen-bond acceptors (Lipinski definition) is 3. The molecular weight excluding hydrogens is 278 g/mol. The first-order valence-corrected chi connectivity index (χ1v) is 7.44. The minimum Gasteiger partial charge on any atom is -0.480 e. The van der Waals surface area contributed by atoms with Crippen LogP contribution in [0.25, 0.3) is 0 Å². The third-order valence-electron chi connectivity index (χ3n) is 2.84. The quantitative estimate of drug-likeness (QED) is 0.778. The molecule has 1 N–H and O–H groups in total. The van der Waals surface area contributed by atoms with Crippen molar-refractivity contribution in [3.8, 4) is 0 Å². The van der Waals surface area contributed by atoms with Gasteiger partial charge in [0.2, 0.25) is 0 Å². The molecule has 6 heteroatoms. The average Bonchev–Trinajstić information content (AvgIpc) is 2.32. The summed E-state index contributed by atoms with van der Waals surface area (Å²) in [6.07, 6.45) is 0. The first-order valence-electron chi connectivity index (χ1n) is 6.33. The van der Waals surface area contributed by atoms with Crippen LogP contribution < -0.4 is 0 Å². The van der Waals surface area contributed by atoms with Crippen LogP contribution >= 0.6 is 0 Å². The van der Waals surface area contributed by atoms with Gasteiger partial charge in [0.25, 0.3) is 0 Å². The highest BCUT2D eigenvalue weighted by atomic mass is 32.2. The van der Waals surface area contributed by atoms with Crippen LogP contribution in [0.1, 0.15) is 16.7 Å². The fourth-order valence-corrected chi connectivity index (χ4v) is 3.25. The lowest BCUT2D eigenvalue weighted by Crippen LogP contribution is -2.27. The second-order valence-electron chi connectivity index (χ2n) is 4.77. The third kappa shape index (κ3) is 4.70. The van der Waals surface area contributed by atoms with Crippen molar-refractivity contribution < 1.29 is 18.8 Å². The zero-order valence-corrected chi connectivity index (χ0v) is 13.1. The molecule has 1 aromatic rings. The molecule has 1 unspecified atom stereocenters. The van der Waals surface area contributed by atoms with E-state index in [2.05, 4.69) is 0 Å². The highest BCUT2D eigenvalue weighted by Crippen LogP contribution is 2.21. The van der Waals surface area contributed by atoms with Crippen LogP contribution in [0.2, 0.25) is 0 Å². The summed E-state index contributed by atoms with van der Waals surface area (Å²) >= 11 is 0. The van der Waals surface area contributed by atoms with E-state index in [1.54, 1.807) is 11.4 Å². The molecule has 0 aliphatic carbocycles. The van der Waals surface area contributed by atoms with Gasteiger partial charge in [0.05, 0.1) is 11.5 Å². The molecule has 1 rings (SSSR count). The Labute approximate surface area is 122 Å². The number of hydrogen-bond donors (Lipinski definition) is 1. The first kappa shape index (κ1) is 16.8. The predicted molar refractivity (Wildman–Crippen MR) is 78.1 cm³/mol. The zero-order valence-electron chi connectivity index (χ0n) is 12.3. The Balaban J connectivity index is 2.68. The van der Waals surface area contributed by atoms with Crippen LogP contribution in [0, 0.1) is 20.8 Å². The molecule has 0 fully saturated rings. The van der Waals surface area contributed by atoms with Crippen molar-refractivity contribution >= 4 is 17.0 Å². The molecule has 0 radical (unpaired) electrons. The minimum atomic E-state index is -1.27. The number of carboxylic acid groups (broad SMARTS) is 1. The summed E-state index contributed by atoms with van der Waals surface area (Å²) in [4.78, 5) is 11.1. The van der Waals surface area contributed by atoms with Crippen LogP contribution in [-0.2, 0) is 20.5 Å². The Morgan fingerprint density at radius 3 is 2.35 bits per heavy atom. The van der Waals surface area contributed by atoms with Gasteiger partial charge in [-0.2, -0.15) is 0 Å². The Hall–Kier alpha value is -1.24. The number of aliphatic carboxylic acids is 1. The molecule has 0 bridgehead atoms. The Kier molecular flexibility index (Phi) is 6.32. The smallest absolute Gasteiger partial charge is 0.329 e. The van der Waals surface area contributed by atoms with Gasteiger partial charge in [0.15, 0.2) is 0 Å². The van der Waals surface area contributed by atoms with Gasteiger partial charge in [-0.25, -0.2) is 13.3 Å². The number of likely N-dealkylation sites (N-methyl/N-ethyl adjacent to an activating group) is 1. The number of nitrogens with zero attached hydrogens (tertiary/aromatic N) is 1. The van der Waals surface area contributed by atoms with E-state index in [0.717, 1.165) is 21.6 Å². The molecule has 0 aliphatic heterocycles. The average molecular weight is 299 g/mol. The molecule has 0 aromatic heterocycles. The molecule has 0 aliphatic rings. The maximum absolute atomic E-state index is 12.5. The summed E-state index contributed by atoms with van der Waals surface area (Å²) in [6, 6.07) is 4.02. The van der Waals surface area contributed by atoms with E-state index in [0.29, 0.717) is 6.54 Å². The van der Waals surface area contributed by atoms with Gasteiger partial charge < -0.3 is 9.84 Å². The SMILES string of the molecule is Cc1cc(C)c(S(=O)N(C)CCOCC(=O)O)c(C)c1. The topological polar surface area (TPSA) is 66.8 Å². The van der Waals surface area contributed by atoms with Crippen LogP contribution in [0.5, 0.6) is 0 Å². The summed E-state index contributed by atoms with van der Waals surface area (Å²) in [7, 11) is 0.467. The number of carboxylic acids is 1. The molecule has 0 saturated heterocycles. The number of carbonyl (C=O) groups is 1. The maximum Gasteiger partial charge on any atom is 0.329 e. The molecule has 112 valence electrons. The van der Waals surface area contributed by atoms with E-state index in [4.69, 9.17) is 9.84 Å². The van der Waals surface area contributed by atoms with Crippen LogP contribution in [0.4, 0.5) is 0 Å². The summed E-state index contributed by atoms with van der Waals surface area (Å²) in [5.74, 6) is -1.00. The van der Waals surface area contributed by atoms with Gasteiger partial charge in [0, 0.05) is 13.6 Å². The highest BCUT2D eigenvalue weighted by Gasteiger charge is 2.16. The second-order valence-corrected chi connectivity index (χ2v) is 6.30. The van der Waals surface area contributed by atoms with Gasteiger partial charge in [-0.15, -0.1) is 0 Å². The van der Waals surface area contributed by atoms with E-state index in [-0.39, 0.29) is 13.2 Å². The van der Waals surface area contributed by atoms with Gasteiger partial charge >= 0.3 is 5.97 Å². The van der Waals surface area contributed by atoms with E-state index in [1.807, 2.05) is 32.9 Å². The fraction of sp³-hybridized carbons (Fsp3) is 0.500. The lowest BCUT2D eigenvalue weighted by atomic mass is 10.1. The molecule has 1 atom stereocenters. The Morgan fingerprint density at radius 2 is 1.85 bits per heavy atom. The number of rotatable bonds is 7. The Bertz CT molecular complexity index is 493. The molecule has 0 amide bonds. The van der Waals surface area contributed by atoms with Crippen LogP contribution in [0.15, 0.2) is 17.0 Å². The molecule has 0 heterocycles. The number of aryl methyl sites for hydroxylation is 3. The van der Waals surface area contributed by atoms with Crippen molar-refractivity contribution in [3.05, 3.63) is 28.8 Å². The summed E-state index contributed by atoms with van der Waals surface area (Å²) in [6.45, 7) is 6.22. The van der Waals surface area contributed by atoms with E-state index in [9.17, 15) is 9.00 Å². The Morgan fingerprint density at radius 1 is 1.30 bits per heavy atom. The number of ether oxygens (including phenoxy) is 1.